The number of ether oxygens (including phenoxy) is 2. The van der Waals surface area contributed by atoms with Crippen molar-refractivity contribution in [1.82, 2.24) is 9.97 Å². The number of hydrogen-bond acceptors (Lipinski definition) is 6. The Labute approximate surface area is 197 Å². The number of benzene rings is 2. The summed E-state index contributed by atoms with van der Waals surface area (Å²) in [4.78, 5) is 9.19. The Morgan fingerprint density at radius 2 is 1.82 bits per heavy atom. The maximum atomic E-state index is 14.2. The SMILES string of the molecule is Cc1nc(NC(C)c2cccc(C(F)(F)CO)c2C)c2cc3c(cc2n1)OCC1(CCC1)CO3. The van der Waals surface area contributed by atoms with Crippen LogP contribution in [0.4, 0.5) is 14.6 Å². The number of halogens is 2. The molecule has 34 heavy (non-hydrogen) atoms. The number of aryl methyl sites for hydroxylation is 1. The summed E-state index contributed by atoms with van der Waals surface area (Å²) >= 11 is 0. The van der Waals surface area contributed by atoms with Crippen LogP contribution >= 0.6 is 0 Å². The average molecular weight is 470 g/mol. The number of anilines is 1. The molecule has 1 spiro atoms. The standard InChI is InChI=1S/C26H29F2N3O3/c1-15-18(6-4-7-20(15)26(27,28)12-32)16(2)29-24-19-10-22-23(11-21(19)30-17(3)31-24)34-14-25(13-33-22)8-5-9-25/h4,6-7,10-11,16,32H,5,8-9,12-14H2,1-3H3,(H,29,30,31). The molecule has 1 aromatic heterocycles. The number of nitrogens with zero attached hydrogens (tertiary/aromatic N) is 2. The van der Waals surface area contributed by atoms with Crippen LogP contribution in [0.5, 0.6) is 11.5 Å². The van der Waals surface area contributed by atoms with Crippen LogP contribution < -0.4 is 14.8 Å². The van der Waals surface area contributed by atoms with Gasteiger partial charge in [-0.05, 0) is 50.8 Å². The third kappa shape index (κ3) is 3.94. The lowest BCUT2D eigenvalue weighted by Gasteiger charge is -2.39. The number of fused-ring (bicyclic) bond motifs is 2. The van der Waals surface area contributed by atoms with E-state index in [1.807, 2.05) is 26.0 Å². The van der Waals surface area contributed by atoms with E-state index in [0.717, 1.165) is 23.7 Å². The molecular formula is C26H29F2N3O3. The first kappa shape index (κ1) is 22.8. The van der Waals surface area contributed by atoms with Crippen molar-refractivity contribution in [3.05, 3.63) is 52.8 Å². The number of alkyl halides is 2. The largest absolute Gasteiger partial charge is 0.489 e. The van der Waals surface area contributed by atoms with Gasteiger partial charge in [0.15, 0.2) is 11.5 Å². The minimum Gasteiger partial charge on any atom is -0.489 e. The zero-order valence-corrected chi connectivity index (χ0v) is 19.6. The first-order chi connectivity index (χ1) is 16.2. The van der Waals surface area contributed by atoms with E-state index in [4.69, 9.17) is 14.6 Å². The molecule has 6 nitrogen and oxygen atoms in total. The van der Waals surface area contributed by atoms with Crippen molar-refractivity contribution in [2.24, 2.45) is 5.41 Å². The van der Waals surface area contributed by atoms with Crippen molar-refractivity contribution in [3.8, 4) is 11.5 Å². The molecule has 0 amide bonds. The van der Waals surface area contributed by atoms with Crippen molar-refractivity contribution in [2.75, 3.05) is 25.1 Å². The molecule has 2 aliphatic rings. The zero-order valence-electron chi connectivity index (χ0n) is 19.6. The molecule has 1 fully saturated rings. The van der Waals surface area contributed by atoms with E-state index in [2.05, 4.69) is 15.3 Å². The summed E-state index contributed by atoms with van der Waals surface area (Å²) in [5.74, 6) is -0.763. The monoisotopic (exact) mass is 469 g/mol. The van der Waals surface area contributed by atoms with Crippen LogP contribution in [0.1, 0.15) is 54.7 Å². The van der Waals surface area contributed by atoms with Gasteiger partial charge in [-0.15, -0.1) is 0 Å². The van der Waals surface area contributed by atoms with Crippen molar-refractivity contribution >= 4 is 16.7 Å². The first-order valence-electron chi connectivity index (χ1n) is 11.6. The molecule has 2 aromatic carbocycles. The Hall–Kier alpha value is -3.00. The van der Waals surface area contributed by atoms with Gasteiger partial charge in [-0.3, -0.25) is 0 Å². The number of nitrogens with one attached hydrogen (secondary N) is 1. The molecule has 1 aliphatic carbocycles. The molecule has 3 aromatic rings. The first-order valence-corrected chi connectivity index (χ1v) is 11.6. The van der Waals surface area contributed by atoms with Gasteiger partial charge in [0.2, 0.25) is 0 Å². The van der Waals surface area contributed by atoms with Gasteiger partial charge in [0.1, 0.15) is 18.2 Å². The van der Waals surface area contributed by atoms with E-state index in [9.17, 15) is 8.78 Å². The molecule has 8 heteroatoms. The molecule has 180 valence electrons. The highest BCUT2D eigenvalue weighted by Gasteiger charge is 2.41. The lowest BCUT2D eigenvalue weighted by Crippen LogP contribution is -2.39. The third-order valence-electron chi connectivity index (χ3n) is 7.14. The van der Waals surface area contributed by atoms with Gasteiger partial charge < -0.3 is 19.9 Å². The number of aromatic nitrogens is 2. The van der Waals surface area contributed by atoms with Gasteiger partial charge >= 0.3 is 0 Å². The van der Waals surface area contributed by atoms with Crippen molar-refractivity contribution in [3.63, 3.8) is 0 Å². The normalized spacial score (nSPS) is 17.8. The number of rotatable bonds is 5. The maximum Gasteiger partial charge on any atom is 0.296 e. The summed E-state index contributed by atoms with van der Waals surface area (Å²) in [6.45, 7) is 5.40. The summed E-state index contributed by atoms with van der Waals surface area (Å²) in [7, 11) is 0. The van der Waals surface area contributed by atoms with Crippen molar-refractivity contribution < 1.29 is 23.4 Å². The van der Waals surface area contributed by atoms with Crippen LogP contribution in [0.2, 0.25) is 0 Å². The van der Waals surface area contributed by atoms with E-state index in [0.29, 0.717) is 47.5 Å². The zero-order chi connectivity index (χ0) is 24.1. The van der Waals surface area contributed by atoms with Crippen LogP contribution in [-0.4, -0.2) is 34.9 Å². The number of hydrogen-bond donors (Lipinski definition) is 2. The van der Waals surface area contributed by atoms with Crippen LogP contribution in [0.25, 0.3) is 10.9 Å². The predicted octanol–water partition coefficient (Wildman–Crippen LogP) is 5.45. The molecule has 0 bridgehead atoms. The molecule has 2 heterocycles. The Balaban J connectivity index is 1.49. The summed E-state index contributed by atoms with van der Waals surface area (Å²) in [5, 5.41) is 13.3. The number of aliphatic hydroxyl groups excluding tert-OH is 1. The Morgan fingerprint density at radius 3 is 2.47 bits per heavy atom. The van der Waals surface area contributed by atoms with E-state index >= 15 is 0 Å². The van der Waals surface area contributed by atoms with Crippen LogP contribution in [-0.2, 0) is 5.92 Å². The lowest BCUT2D eigenvalue weighted by atomic mass is 9.70. The summed E-state index contributed by atoms with van der Waals surface area (Å²) in [6.07, 6.45) is 3.42. The van der Waals surface area contributed by atoms with E-state index in [1.165, 1.54) is 12.5 Å². The molecule has 0 saturated heterocycles. The second-order valence-corrected chi connectivity index (χ2v) is 9.61. The van der Waals surface area contributed by atoms with Gasteiger partial charge in [0, 0.05) is 22.4 Å². The third-order valence-corrected chi connectivity index (χ3v) is 7.14. The van der Waals surface area contributed by atoms with Crippen molar-refractivity contribution in [1.29, 1.82) is 0 Å². The molecular weight excluding hydrogens is 440 g/mol. The summed E-state index contributed by atoms with van der Waals surface area (Å²) in [6, 6.07) is 8.22. The minimum absolute atomic E-state index is 0.0988. The second kappa shape index (κ2) is 8.34. The Morgan fingerprint density at radius 1 is 1.12 bits per heavy atom. The van der Waals surface area contributed by atoms with Gasteiger partial charge in [-0.1, -0.05) is 24.6 Å². The minimum atomic E-state index is -3.30. The maximum absolute atomic E-state index is 14.2. The molecule has 1 aliphatic heterocycles. The average Bonchev–Trinajstić information content (AvgIpc) is 2.97. The molecule has 5 rings (SSSR count). The lowest BCUT2D eigenvalue weighted by molar-refractivity contribution is -0.0561. The molecule has 0 radical (unpaired) electrons. The molecule has 1 atom stereocenters. The highest BCUT2D eigenvalue weighted by Crippen LogP contribution is 2.46. The highest BCUT2D eigenvalue weighted by molar-refractivity contribution is 5.92. The fraction of sp³-hybridized carbons (Fsp3) is 0.462. The fourth-order valence-corrected chi connectivity index (χ4v) is 4.94. The Bertz CT molecular complexity index is 1240. The van der Waals surface area contributed by atoms with E-state index in [1.54, 1.807) is 19.1 Å². The predicted molar refractivity (Wildman–Crippen MR) is 126 cm³/mol. The number of aliphatic hydroxyl groups is 1. The smallest absolute Gasteiger partial charge is 0.296 e. The highest BCUT2D eigenvalue weighted by atomic mass is 19.3. The van der Waals surface area contributed by atoms with Gasteiger partial charge in [0.25, 0.3) is 5.92 Å². The summed E-state index contributed by atoms with van der Waals surface area (Å²) < 4.78 is 40.8. The van der Waals surface area contributed by atoms with E-state index in [-0.39, 0.29) is 17.0 Å². The van der Waals surface area contributed by atoms with Crippen LogP contribution in [0.3, 0.4) is 0 Å². The molecule has 1 unspecified atom stereocenters. The van der Waals surface area contributed by atoms with Gasteiger partial charge in [-0.2, -0.15) is 8.78 Å². The second-order valence-electron chi connectivity index (χ2n) is 9.61. The van der Waals surface area contributed by atoms with E-state index < -0.39 is 12.5 Å². The topological polar surface area (TPSA) is 76.5 Å². The van der Waals surface area contributed by atoms with Crippen LogP contribution in [0, 0.1) is 19.3 Å². The summed E-state index contributed by atoms with van der Waals surface area (Å²) in [5.41, 5.74) is 1.79. The fourth-order valence-electron chi connectivity index (χ4n) is 4.94. The van der Waals surface area contributed by atoms with Crippen LogP contribution in [0.15, 0.2) is 30.3 Å². The Kier molecular flexibility index (Phi) is 5.59. The van der Waals surface area contributed by atoms with Gasteiger partial charge in [0.05, 0.1) is 24.8 Å². The van der Waals surface area contributed by atoms with Gasteiger partial charge in [-0.25, -0.2) is 9.97 Å². The quantitative estimate of drug-likeness (QED) is 0.518. The van der Waals surface area contributed by atoms with Crippen molar-refractivity contribution in [2.45, 2.75) is 52.0 Å². The molecule has 1 saturated carbocycles. The molecule has 2 N–H and O–H groups in total.